The second-order valence-electron chi connectivity index (χ2n) is 2.63. The van der Waals surface area contributed by atoms with E-state index < -0.39 is 0 Å². The van der Waals surface area contributed by atoms with Gasteiger partial charge in [-0.1, -0.05) is 0 Å². The standard InChI is InChI=1S/C8H11N3S/c9-11-6-1-2-8-7(5-6)10-3-4-12-8/h1-2,5,10-11H,3-4,9H2. The number of nitrogen functional groups attached to an aromatic ring is 1. The molecule has 0 spiro atoms. The highest BCUT2D eigenvalue weighted by Gasteiger charge is 2.08. The van der Waals surface area contributed by atoms with Gasteiger partial charge in [-0.25, -0.2) is 0 Å². The summed E-state index contributed by atoms with van der Waals surface area (Å²) in [4.78, 5) is 1.31. The molecule has 0 bridgehead atoms. The lowest BCUT2D eigenvalue weighted by atomic mass is 10.3. The van der Waals surface area contributed by atoms with Gasteiger partial charge in [-0.05, 0) is 18.2 Å². The first-order chi connectivity index (χ1) is 5.90. The van der Waals surface area contributed by atoms with Crippen LogP contribution in [-0.4, -0.2) is 12.3 Å². The number of rotatable bonds is 1. The van der Waals surface area contributed by atoms with Gasteiger partial charge >= 0.3 is 0 Å². The molecule has 0 radical (unpaired) electrons. The molecule has 0 saturated heterocycles. The number of hydrazine groups is 1. The van der Waals surface area contributed by atoms with Crippen molar-refractivity contribution in [2.45, 2.75) is 4.90 Å². The van der Waals surface area contributed by atoms with E-state index in [-0.39, 0.29) is 0 Å². The van der Waals surface area contributed by atoms with Crippen molar-refractivity contribution in [3.05, 3.63) is 18.2 Å². The smallest absolute Gasteiger partial charge is 0.0506 e. The first-order valence-corrected chi connectivity index (χ1v) is 4.86. The van der Waals surface area contributed by atoms with Gasteiger partial charge in [0.05, 0.1) is 5.69 Å². The zero-order valence-corrected chi connectivity index (χ0v) is 7.45. The fourth-order valence-electron chi connectivity index (χ4n) is 1.23. The maximum atomic E-state index is 5.30. The molecule has 4 N–H and O–H groups in total. The Bertz CT molecular complexity index is 288. The summed E-state index contributed by atoms with van der Waals surface area (Å²) >= 11 is 1.88. The van der Waals surface area contributed by atoms with Crippen LogP contribution in [0.5, 0.6) is 0 Å². The second kappa shape index (κ2) is 3.25. The first-order valence-electron chi connectivity index (χ1n) is 3.87. The molecule has 0 unspecified atom stereocenters. The van der Waals surface area contributed by atoms with E-state index in [0.717, 1.165) is 18.0 Å². The van der Waals surface area contributed by atoms with Crippen LogP contribution >= 0.6 is 11.8 Å². The molecule has 1 aliphatic rings. The maximum Gasteiger partial charge on any atom is 0.0506 e. The number of hydrogen-bond acceptors (Lipinski definition) is 4. The fraction of sp³-hybridized carbons (Fsp3) is 0.250. The Morgan fingerprint density at radius 2 is 2.42 bits per heavy atom. The maximum absolute atomic E-state index is 5.30. The summed E-state index contributed by atoms with van der Waals surface area (Å²) in [5.41, 5.74) is 4.76. The minimum atomic E-state index is 0.948. The highest BCUT2D eigenvalue weighted by molar-refractivity contribution is 7.99. The molecular formula is C8H11N3S. The number of thioether (sulfide) groups is 1. The van der Waals surface area contributed by atoms with Crippen LogP contribution in [0.3, 0.4) is 0 Å². The molecule has 0 fully saturated rings. The molecule has 1 aromatic carbocycles. The minimum absolute atomic E-state index is 0.948. The third-order valence-corrected chi connectivity index (χ3v) is 2.90. The summed E-state index contributed by atoms with van der Waals surface area (Å²) in [6.45, 7) is 1.03. The Balaban J connectivity index is 2.36. The highest BCUT2D eigenvalue weighted by atomic mass is 32.2. The van der Waals surface area contributed by atoms with Gasteiger partial charge in [0.1, 0.15) is 0 Å². The Hall–Kier alpha value is -0.870. The zero-order valence-electron chi connectivity index (χ0n) is 6.63. The molecule has 12 heavy (non-hydrogen) atoms. The van der Waals surface area contributed by atoms with E-state index in [1.807, 2.05) is 23.9 Å². The van der Waals surface area contributed by atoms with Crippen LogP contribution < -0.4 is 16.6 Å². The average molecular weight is 181 g/mol. The van der Waals surface area contributed by atoms with Crippen molar-refractivity contribution in [2.75, 3.05) is 23.0 Å². The lowest BCUT2D eigenvalue weighted by molar-refractivity contribution is 1.16. The number of hydrogen-bond donors (Lipinski definition) is 3. The van der Waals surface area contributed by atoms with Crippen molar-refractivity contribution in [3.8, 4) is 0 Å². The molecule has 1 heterocycles. The van der Waals surface area contributed by atoms with Crippen LogP contribution in [0, 0.1) is 0 Å². The van der Waals surface area contributed by atoms with Gasteiger partial charge in [0.25, 0.3) is 0 Å². The van der Waals surface area contributed by atoms with Crippen molar-refractivity contribution >= 4 is 23.1 Å². The summed E-state index contributed by atoms with van der Waals surface area (Å²) in [6, 6.07) is 6.10. The number of nitrogens with one attached hydrogen (secondary N) is 2. The SMILES string of the molecule is NNc1ccc2c(c1)NCCS2. The van der Waals surface area contributed by atoms with E-state index in [2.05, 4.69) is 16.8 Å². The normalized spacial score (nSPS) is 14.8. The number of anilines is 2. The molecule has 1 aromatic rings. The minimum Gasteiger partial charge on any atom is -0.383 e. The van der Waals surface area contributed by atoms with Gasteiger partial charge in [0.15, 0.2) is 0 Å². The van der Waals surface area contributed by atoms with Crippen molar-refractivity contribution < 1.29 is 0 Å². The van der Waals surface area contributed by atoms with Crippen molar-refractivity contribution in [1.29, 1.82) is 0 Å². The van der Waals surface area contributed by atoms with Gasteiger partial charge < -0.3 is 10.7 Å². The Labute approximate surface area is 75.7 Å². The lowest BCUT2D eigenvalue weighted by Crippen LogP contribution is -2.12. The fourth-order valence-corrected chi connectivity index (χ4v) is 2.11. The van der Waals surface area contributed by atoms with Crippen LogP contribution in [0.25, 0.3) is 0 Å². The van der Waals surface area contributed by atoms with E-state index in [4.69, 9.17) is 5.84 Å². The van der Waals surface area contributed by atoms with Crippen LogP contribution in [-0.2, 0) is 0 Å². The molecule has 4 heteroatoms. The predicted octanol–water partition coefficient (Wildman–Crippen LogP) is 1.49. The lowest BCUT2D eigenvalue weighted by Gasteiger charge is -2.17. The summed E-state index contributed by atoms with van der Waals surface area (Å²) in [6.07, 6.45) is 0. The summed E-state index contributed by atoms with van der Waals surface area (Å²) in [5, 5.41) is 3.32. The van der Waals surface area contributed by atoms with Gasteiger partial charge in [0.2, 0.25) is 0 Å². The van der Waals surface area contributed by atoms with Crippen molar-refractivity contribution in [3.63, 3.8) is 0 Å². The van der Waals surface area contributed by atoms with E-state index in [9.17, 15) is 0 Å². The van der Waals surface area contributed by atoms with E-state index >= 15 is 0 Å². The monoisotopic (exact) mass is 181 g/mol. The molecule has 2 rings (SSSR count). The predicted molar refractivity (Wildman–Crippen MR) is 53.5 cm³/mol. The molecule has 1 aliphatic heterocycles. The number of benzene rings is 1. The Morgan fingerprint density at radius 1 is 1.50 bits per heavy atom. The molecule has 3 nitrogen and oxygen atoms in total. The molecule has 64 valence electrons. The molecular weight excluding hydrogens is 170 g/mol. The van der Waals surface area contributed by atoms with Crippen molar-refractivity contribution in [1.82, 2.24) is 0 Å². The highest BCUT2D eigenvalue weighted by Crippen LogP contribution is 2.32. The largest absolute Gasteiger partial charge is 0.383 e. The van der Waals surface area contributed by atoms with Crippen LogP contribution in [0.15, 0.2) is 23.1 Å². The van der Waals surface area contributed by atoms with E-state index in [1.165, 1.54) is 10.6 Å². The van der Waals surface area contributed by atoms with Gasteiger partial charge in [0, 0.05) is 22.9 Å². The number of fused-ring (bicyclic) bond motifs is 1. The molecule has 0 atom stereocenters. The molecule has 0 aromatic heterocycles. The Morgan fingerprint density at radius 3 is 3.25 bits per heavy atom. The van der Waals surface area contributed by atoms with Gasteiger partial charge in [-0.15, -0.1) is 11.8 Å². The molecule has 0 saturated carbocycles. The van der Waals surface area contributed by atoms with Gasteiger partial charge in [-0.2, -0.15) is 0 Å². The molecule has 0 amide bonds. The topological polar surface area (TPSA) is 50.1 Å². The molecule has 0 aliphatic carbocycles. The Kier molecular flexibility index (Phi) is 2.10. The summed E-state index contributed by atoms with van der Waals surface area (Å²) < 4.78 is 0. The van der Waals surface area contributed by atoms with E-state index in [0.29, 0.717) is 0 Å². The first kappa shape index (κ1) is 7.76. The summed E-state index contributed by atoms with van der Waals surface area (Å²) in [5.74, 6) is 6.44. The quantitative estimate of drug-likeness (QED) is 0.454. The number of nitrogens with two attached hydrogens (primary N) is 1. The average Bonchev–Trinajstić information content (AvgIpc) is 2.17. The van der Waals surface area contributed by atoms with Gasteiger partial charge in [-0.3, -0.25) is 5.84 Å². The van der Waals surface area contributed by atoms with Crippen LogP contribution in [0.2, 0.25) is 0 Å². The zero-order chi connectivity index (χ0) is 8.39. The van der Waals surface area contributed by atoms with Crippen LogP contribution in [0.4, 0.5) is 11.4 Å². The third-order valence-electron chi connectivity index (χ3n) is 1.82. The van der Waals surface area contributed by atoms with Crippen molar-refractivity contribution in [2.24, 2.45) is 5.84 Å². The summed E-state index contributed by atoms with van der Waals surface area (Å²) in [7, 11) is 0. The second-order valence-corrected chi connectivity index (χ2v) is 3.77. The van der Waals surface area contributed by atoms with E-state index in [1.54, 1.807) is 0 Å². The third kappa shape index (κ3) is 1.35. The van der Waals surface area contributed by atoms with Crippen LogP contribution in [0.1, 0.15) is 0 Å².